The number of aromatic nitrogens is 3. The normalized spacial score (nSPS) is 11.8. The Kier molecular flexibility index (Phi) is 6.43. The maximum absolute atomic E-state index is 11.1. The summed E-state index contributed by atoms with van der Waals surface area (Å²) in [5.74, 6) is 0.0288. The Bertz CT molecular complexity index is 1600. The van der Waals surface area contributed by atoms with Crippen molar-refractivity contribution in [2.75, 3.05) is 0 Å². The highest BCUT2D eigenvalue weighted by molar-refractivity contribution is 9.10. The van der Waals surface area contributed by atoms with Gasteiger partial charge in [0.15, 0.2) is 5.88 Å². The smallest absolute Gasteiger partial charge is 0.303 e. The molecule has 0 radical (unpaired) electrons. The highest BCUT2D eigenvalue weighted by Crippen LogP contribution is 2.33. The molecule has 5 rings (SSSR count). The number of nitrogens with one attached hydrogen (secondary N) is 1. The van der Waals surface area contributed by atoms with Gasteiger partial charge in [0, 0.05) is 46.8 Å². The summed E-state index contributed by atoms with van der Waals surface area (Å²) >= 11 is 3.48. The number of aryl methyl sites for hydroxylation is 2. The number of benzene rings is 3. The van der Waals surface area contributed by atoms with E-state index in [1.54, 1.807) is 6.20 Å². The van der Waals surface area contributed by atoms with Gasteiger partial charge in [0.1, 0.15) is 5.82 Å². The van der Waals surface area contributed by atoms with E-state index < -0.39 is 5.97 Å². The van der Waals surface area contributed by atoms with Crippen molar-refractivity contribution in [3.8, 4) is 17.3 Å². The molecule has 36 heavy (non-hydrogen) atoms. The lowest BCUT2D eigenvalue weighted by Gasteiger charge is -2.10. The molecule has 0 bridgehead atoms. The van der Waals surface area contributed by atoms with Gasteiger partial charge in [-0.3, -0.25) is 4.79 Å². The molecule has 0 unspecified atom stereocenters. The second-order valence-electron chi connectivity index (χ2n) is 8.50. The van der Waals surface area contributed by atoms with Crippen molar-refractivity contribution in [1.29, 1.82) is 0 Å². The lowest BCUT2D eigenvalue weighted by atomic mass is 9.97. The summed E-state index contributed by atoms with van der Waals surface area (Å²) in [4.78, 5) is 23.5. The first-order valence-electron chi connectivity index (χ1n) is 11.4. The number of carboxylic acid groups (broad SMARTS) is 1. The van der Waals surface area contributed by atoms with Gasteiger partial charge in [-0.15, -0.1) is 0 Å². The molecule has 2 heterocycles. The van der Waals surface area contributed by atoms with Gasteiger partial charge in [0.05, 0.1) is 22.5 Å². The third-order valence-electron chi connectivity index (χ3n) is 5.99. The van der Waals surface area contributed by atoms with Gasteiger partial charge >= 0.3 is 5.97 Å². The maximum atomic E-state index is 11.1. The van der Waals surface area contributed by atoms with Crippen LogP contribution in [0.25, 0.3) is 22.3 Å². The molecule has 0 saturated carbocycles. The van der Waals surface area contributed by atoms with E-state index in [1.807, 2.05) is 84.5 Å². The number of aliphatic imine (C=N–C) groups is 1. The zero-order valence-corrected chi connectivity index (χ0v) is 21.0. The number of fused-ring (bicyclic) bond motifs is 1. The summed E-state index contributed by atoms with van der Waals surface area (Å²) < 4.78 is 2.84. The fourth-order valence-electron chi connectivity index (χ4n) is 4.24. The minimum Gasteiger partial charge on any atom is -0.494 e. The molecule has 7 nitrogen and oxygen atoms in total. The van der Waals surface area contributed by atoms with Gasteiger partial charge in [-0.2, -0.15) is 0 Å². The number of nitrogens with zero attached hydrogens (tertiary/aromatic N) is 3. The van der Waals surface area contributed by atoms with Gasteiger partial charge in [-0.25, -0.2) is 9.98 Å². The number of aliphatic carboxylic acids is 1. The van der Waals surface area contributed by atoms with E-state index in [2.05, 4.69) is 25.9 Å². The van der Waals surface area contributed by atoms with Crippen LogP contribution in [0.2, 0.25) is 0 Å². The molecule has 0 atom stereocenters. The van der Waals surface area contributed by atoms with Crippen LogP contribution in [0.15, 0.2) is 88.6 Å². The van der Waals surface area contributed by atoms with Gasteiger partial charge < -0.3 is 19.8 Å². The summed E-state index contributed by atoms with van der Waals surface area (Å²) in [6.07, 6.45) is 4.10. The number of imidazole rings is 1. The number of carboxylic acids is 1. The molecule has 3 aromatic carbocycles. The number of halogens is 1. The zero-order valence-electron chi connectivity index (χ0n) is 19.4. The predicted octanol–water partition coefficient (Wildman–Crippen LogP) is 6.22. The number of H-pyrrole nitrogens is 1. The number of aromatic amines is 1. The van der Waals surface area contributed by atoms with E-state index in [1.165, 1.54) is 0 Å². The monoisotopic (exact) mass is 542 g/mol. The van der Waals surface area contributed by atoms with Gasteiger partial charge in [0.2, 0.25) is 0 Å². The van der Waals surface area contributed by atoms with Crippen LogP contribution in [-0.4, -0.2) is 36.4 Å². The third-order valence-corrected chi connectivity index (χ3v) is 6.49. The Labute approximate surface area is 215 Å². The van der Waals surface area contributed by atoms with E-state index in [4.69, 9.17) is 10.1 Å². The van der Waals surface area contributed by atoms with Crippen LogP contribution in [0.4, 0.5) is 5.69 Å². The van der Waals surface area contributed by atoms with Crippen molar-refractivity contribution in [3.63, 3.8) is 0 Å². The van der Waals surface area contributed by atoms with Crippen LogP contribution >= 0.6 is 15.9 Å². The summed E-state index contributed by atoms with van der Waals surface area (Å²) in [7, 11) is 1.95. The highest BCUT2D eigenvalue weighted by atomic mass is 79.9. The Morgan fingerprint density at radius 3 is 2.64 bits per heavy atom. The Morgan fingerprint density at radius 1 is 1.11 bits per heavy atom. The molecule has 0 aliphatic heterocycles. The topological polar surface area (TPSA) is 104 Å². The first kappa shape index (κ1) is 23.6. The average molecular weight is 543 g/mol. The second kappa shape index (κ2) is 9.83. The maximum Gasteiger partial charge on any atom is 0.303 e. The quantitative estimate of drug-likeness (QED) is 0.212. The van der Waals surface area contributed by atoms with Crippen molar-refractivity contribution < 1.29 is 15.0 Å². The first-order valence-corrected chi connectivity index (χ1v) is 12.2. The molecular weight excluding hydrogens is 520 g/mol. The summed E-state index contributed by atoms with van der Waals surface area (Å²) in [5.41, 5.74) is 5.30. The van der Waals surface area contributed by atoms with E-state index in [9.17, 15) is 9.90 Å². The third kappa shape index (κ3) is 4.81. The molecule has 5 aromatic rings. The number of aromatic hydroxyl groups is 1. The van der Waals surface area contributed by atoms with E-state index in [0.29, 0.717) is 23.4 Å². The molecule has 0 saturated heterocycles. The minimum atomic E-state index is -0.845. The standard InChI is InChI=1S/C28H23BrN4O3/c1-33-14-13-30-27(33)18-6-9-21(10-7-18)31-26(19-4-2-3-17(15-19)5-12-24(34)35)25-22-11-8-20(29)16-23(22)32-28(25)36/h2-4,6-11,13-16,32,36H,5,12H2,1H3,(H,34,35). The number of hydrogen-bond donors (Lipinski definition) is 3. The predicted molar refractivity (Wildman–Crippen MR) is 144 cm³/mol. The lowest BCUT2D eigenvalue weighted by molar-refractivity contribution is -0.136. The fourth-order valence-corrected chi connectivity index (χ4v) is 4.60. The SMILES string of the molecule is Cn1ccnc1-c1ccc(N=C(c2cccc(CCC(=O)O)c2)c2c(O)[nH]c3cc(Br)ccc23)cc1. The van der Waals surface area contributed by atoms with Gasteiger partial charge in [-0.1, -0.05) is 40.2 Å². The Balaban J connectivity index is 1.64. The minimum absolute atomic E-state index is 0.0161. The molecule has 2 aromatic heterocycles. The van der Waals surface area contributed by atoms with Crippen LogP contribution in [0.3, 0.4) is 0 Å². The van der Waals surface area contributed by atoms with Gasteiger partial charge in [0.25, 0.3) is 0 Å². The largest absolute Gasteiger partial charge is 0.494 e. The van der Waals surface area contributed by atoms with Crippen molar-refractivity contribution >= 4 is 44.2 Å². The van der Waals surface area contributed by atoms with Crippen molar-refractivity contribution in [3.05, 3.63) is 100 Å². The van der Waals surface area contributed by atoms with Crippen LogP contribution in [0.5, 0.6) is 5.88 Å². The van der Waals surface area contributed by atoms with Crippen LogP contribution in [0, 0.1) is 0 Å². The molecule has 0 aliphatic carbocycles. The van der Waals surface area contributed by atoms with Crippen molar-refractivity contribution in [2.45, 2.75) is 12.8 Å². The first-order chi connectivity index (χ1) is 17.4. The Hall–Kier alpha value is -4.17. The van der Waals surface area contributed by atoms with E-state index in [0.717, 1.165) is 37.9 Å². The van der Waals surface area contributed by atoms with Gasteiger partial charge in [-0.05, 0) is 54.4 Å². The average Bonchev–Trinajstić information content (AvgIpc) is 3.43. The molecular formula is C28H23BrN4O3. The number of carbonyl (C=O) groups is 1. The van der Waals surface area contributed by atoms with Crippen molar-refractivity contribution in [1.82, 2.24) is 14.5 Å². The fraction of sp³-hybridized carbons (Fsp3) is 0.107. The Morgan fingerprint density at radius 2 is 1.92 bits per heavy atom. The molecule has 8 heteroatoms. The van der Waals surface area contributed by atoms with Crippen LogP contribution in [-0.2, 0) is 18.3 Å². The number of hydrogen-bond acceptors (Lipinski definition) is 4. The second-order valence-corrected chi connectivity index (χ2v) is 9.42. The lowest BCUT2D eigenvalue weighted by Crippen LogP contribution is -2.05. The molecule has 0 aliphatic rings. The van der Waals surface area contributed by atoms with E-state index >= 15 is 0 Å². The van der Waals surface area contributed by atoms with Crippen LogP contribution < -0.4 is 0 Å². The summed E-state index contributed by atoms with van der Waals surface area (Å²) in [6.45, 7) is 0. The molecule has 3 N–H and O–H groups in total. The molecule has 0 amide bonds. The van der Waals surface area contributed by atoms with Crippen LogP contribution in [0.1, 0.15) is 23.1 Å². The zero-order chi connectivity index (χ0) is 25.2. The number of rotatable bonds is 7. The molecule has 0 spiro atoms. The summed E-state index contributed by atoms with van der Waals surface area (Å²) in [6, 6.07) is 21.2. The van der Waals surface area contributed by atoms with E-state index in [-0.39, 0.29) is 12.3 Å². The summed E-state index contributed by atoms with van der Waals surface area (Å²) in [5, 5.41) is 20.9. The molecule has 180 valence electrons. The van der Waals surface area contributed by atoms with Crippen molar-refractivity contribution in [2.24, 2.45) is 12.0 Å². The molecule has 0 fully saturated rings. The highest BCUT2D eigenvalue weighted by Gasteiger charge is 2.19.